The Morgan fingerprint density at radius 3 is 0.910 bits per heavy atom. The highest BCUT2D eigenvalue weighted by Crippen LogP contribution is 2.16. The Hall–Kier alpha value is -2.89. The number of allylic oxidation sites excluding steroid dienone is 10. The van der Waals surface area contributed by atoms with Crippen LogP contribution in [0, 0.1) is 0 Å². The second-order valence-electron chi connectivity index (χ2n) is 19.2. The molecule has 0 saturated carbocycles. The van der Waals surface area contributed by atoms with Crippen molar-refractivity contribution in [1.82, 2.24) is 0 Å². The summed E-state index contributed by atoms with van der Waals surface area (Å²) in [5.74, 6) is -0.896. The zero-order valence-corrected chi connectivity index (χ0v) is 44.4. The lowest BCUT2D eigenvalue weighted by Crippen LogP contribution is -2.30. The van der Waals surface area contributed by atoms with Gasteiger partial charge in [0.25, 0.3) is 0 Å². The smallest absolute Gasteiger partial charge is 0.306 e. The Balaban J connectivity index is 4.39. The number of carbonyl (C=O) groups excluding carboxylic acids is 3. The van der Waals surface area contributed by atoms with Crippen LogP contribution in [0.4, 0.5) is 0 Å². The molecule has 0 aliphatic rings. The number of hydrogen-bond donors (Lipinski definition) is 0. The second-order valence-corrected chi connectivity index (χ2v) is 19.2. The molecule has 0 bridgehead atoms. The molecule has 0 rings (SSSR count). The lowest BCUT2D eigenvalue weighted by Gasteiger charge is -2.18. The normalized spacial score (nSPS) is 12.5. The Morgan fingerprint density at radius 2 is 0.552 bits per heavy atom. The van der Waals surface area contributed by atoms with E-state index in [-0.39, 0.29) is 31.1 Å². The maximum Gasteiger partial charge on any atom is 0.306 e. The maximum absolute atomic E-state index is 12.9. The summed E-state index contributed by atoms with van der Waals surface area (Å²) in [6.07, 6.45) is 69.2. The molecule has 0 spiro atoms. The van der Waals surface area contributed by atoms with Crippen LogP contribution in [0.3, 0.4) is 0 Å². The molecule has 1 atom stereocenters. The van der Waals surface area contributed by atoms with Crippen molar-refractivity contribution < 1.29 is 28.6 Å². The number of carbonyl (C=O) groups is 3. The summed E-state index contributed by atoms with van der Waals surface area (Å²) in [7, 11) is 0. The van der Waals surface area contributed by atoms with Crippen molar-refractivity contribution in [3.05, 3.63) is 60.8 Å². The number of rotatable bonds is 52. The fraction of sp³-hybridized carbons (Fsp3) is 0.787. The van der Waals surface area contributed by atoms with Gasteiger partial charge in [0.05, 0.1) is 0 Å². The Labute approximate surface area is 415 Å². The van der Waals surface area contributed by atoms with Gasteiger partial charge in [0.15, 0.2) is 6.10 Å². The van der Waals surface area contributed by atoms with Gasteiger partial charge in [-0.05, 0) is 83.5 Å². The Kier molecular flexibility index (Phi) is 53.3. The molecule has 0 N–H and O–H groups in total. The van der Waals surface area contributed by atoms with Crippen molar-refractivity contribution in [3.63, 3.8) is 0 Å². The van der Waals surface area contributed by atoms with Crippen LogP contribution < -0.4 is 0 Å². The first-order chi connectivity index (χ1) is 33.0. The first-order valence-electron chi connectivity index (χ1n) is 28.8. The van der Waals surface area contributed by atoms with Crippen LogP contribution in [-0.2, 0) is 28.6 Å². The quantitative estimate of drug-likeness (QED) is 0.0262. The predicted molar refractivity (Wildman–Crippen MR) is 288 cm³/mol. The molecule has 1 unspecified atom stereocenters. The van der Waals surface area contributed by atoms with E-state index in [0.29, 0.717) is 19.3 Å². The largest absolute Gasteiger partial charge is 0.462 e. The second kappa shape index (κ2) is 55.7. The van der Waals surface area contributed by atoms with Crippen molar-refractivity contribution in [2.24, 2.45) is 0 Å². The zero-order chi connectivity index (χ0) is 48.6. The molecule has 0 aromatic carbocycles. The standard InChI is InChI=1S/C61H108O6/c1-4-7-10-13-16-19-22-25-28-30-31-32-34-36-39-42-45-48-51-54-60(63)66-57-58(56-65-59(62)53-50-47-44-41-38-35-27-24-21-18-15-12-9-6-3)67-61(64)55-52-49-46-43-40-37-33-29-26-23-20-17-14-11-8-5-2/h15-16,18-19,24-25,27-28,31-32,58H,4-14,17,20-23,26,29-30,33-57H2,1-3H3/b18-15-,19-16-,27-24-,28-25-,32-31-. The lowest BCUT2D eigenvalue weighted by atomic mass is 10.0. The van der Waals surface area contributed by atoms with E-state index >= 15 is 0 Å². The maximum atomic E-state index is 12.9. The highest BCUT2D eigenvalue weighted by molar-refractivity contribution is 5.71. The van der Waals surface area contributed by atoms with Gasteiger partial charge in [-0.15, -0.1) is 0 Å². The van der Waals surface area contributed by atoms with Gasteiger partial charge in [-0.2, -0.15) is 0 Å². The molecule has 67 heavy (non-hydrogen) atoms. The fourth-order valence-electron chi connectivity index (χ4n) is 8.11. The van der Waals surface area contributed by atoms with Crippen LogP contribution in [0.25, 0.3) is 0 Å². The highest BCUT2D eigenvalue weighted by atomic mass is 16.6. The van der Waals surface area contributed by atoms with Crippen LogP contribution in [0.15, 0.2) is 60.8 Å². The first kappa shape index (κ1) is 64.1. The monoisotopic (exact) mass is 937 g/mol. The third-order valence-electron chi connectivity index (χ3n) is 12.5. The third kappa shape index (κ3) is 53.9. The number of ether oxygens (including phenoxy) is 3. The molecule has 0 aromatic heterocycles. The van der Waals surface area contributed by atoms with Gasteiger partial charge in [-0.3, -0.25) is 14.4 Å². The van der Waals surface area contributed by atoms with E-state index < -0.39 is 6.10 Å². The van der Waals surface area contributed by atoms with E-state index in [1.54, 1.807) is 0 Å². The van der Waals surface area contributed by atoms with Crippen molar-refractivity contribution in [1.29, 1.82) is 0 Å². The van der Waals surface area contributed by atoms with Crippen LogP contribution in [0.1, 0.15) is 290 Å². The lowest BCUT2D eigenvalue weighted by molar-refractivity contribution is -0.167. The summed E-state index contributed by atoms with van der Waals surface area (Å²) >= 11 is 0. The summed E-state index contributed by atoms with van der Waals surface area (Å²) in [4.78, 5) is 38.1. The molecule has 0 aliphatic carbocycles. The van der Waals surface area contributed by atoms with E-state index in [9.17, 15) is 14.4 Å². The van der Waals surface area contributed by atoms with Gasteiger partial charge >= 0.3 is 17.9 Å². The fourth-order valence-corrected chi connectivity index (χ4v) is 8.11. The molecule has 6 nitrogen and oxygen atoms in total. The van der Waals surface area contributed by atoms with Gasteiger partial charge in [0, 0.05) is 19.3 Å². The molecule has 0 aliphatic heterocycles. The molecule has 6 heteroatoms. The van der Waals surface area contributed by atoms with E-state index in [0.717, 1.165) is 96.3 Å². The summed E-state index contributed by atoms with van der Waals surface area (Å²) < 4.78 is 16.9. The number of hydrogen-bond acceptors (Lipinski definition) is 6. The molecule has 0 amide bonds. The third-order valence-corrected chi connectivity index (χ3v) is 12.5. The van der Waals surface area contributed by atoms with E-state index in [2.05, 4.69) is 81.5 Å². The van der Waals surface area contributed by atoms with Crippen molar-refractivity contribution in [2.75, 3.05) is 13.2 Å². The molecule has 0 fully saturated rings. The molecule has 0 heterocycles. The molecular formula is C61H108O6. The van der Waals surface area contributed by atoms with Crippen molar-refractivity contribution in [2.45, 2.75) is 297 Å². The van der Waals surface area contributed by atoms with Crippen LogP contribution >= 0.6 is 0 Å². The minimum absolute atomic E-state index is 0.0834. The summed E-state index contributed by atoms with van der Waals surface area (Å²) in [6.45, 7) is 6.58. The highest BCUT2D eigenvalue weighted by Gasteiger charge is 2.19. The van der Waals surface area contributed by atoms with E-state index in [4.69, 9.17) is 14.2 Å². The van der Waals surface area contributed by atoms with Gasteiger partial charge in [0.2, 0.25) is 0 Å². The molecule has 0 radical (unpaired) electrons. The van der Waals surface area contributed by atoms with Gasteiger partial charge < -0.3 is 14.2 Å². The Bertz CT molecular complexity index is 1210. The van der Waals surface area contributed by atoms with Crippen molar-refractivity contribution in [3.8, 4) is 0 Å². The zero-order valence-electron chi connectivity index (χ0n) is 44.4. The SMILES string of the molecule is CCCC/C=C\C/C=C\CCCCCCCC(=O)OCC(COC(=O)CCCCCCCC/C=C\C/C=C\C/C=C\CCCCC)OC(=O)CCCCCCCCCCCCCCCCCC. The first-order valence-corrected chi connectivity index (χ1v) is 28.8. The van der Waals surface area contributed by atoms with Gasteiger partial charge in [-0.25, -0.2) is 0 Å². The Morgan fingerprint density at radius 1 is 0.299 bits per heavy atom. The average molecular weight is 938 g/mol. The van der Waals surface area contributed by atoms with Crippen LogP contribution in [-0.4, -0.2) is 37.2 Å². The average Bonchev–Trinajstić information content (AvgIpc) is 3.33. The topological polar surface area (TPSA) is 78.9 Å². The van der Waals surface area contributed by atoms with Crippen LogP contribution in [0.5, 0.6) is 0 Å². The van der Waals surface area contributed by atoms with E-state index in [1.807, 2.05) is 0 Å². The number of esters is 3. The minimum atomic E-state index is -0.784. The molecule has 0 saturated heterocycles. The molecule has 388 valence electrons. The molecule has 0 aromatic rings. The van der Waals surface area contributed by atoms with Crippen molar-refractivity contribution >= 4 is 17.9 Å². The minimum Gasteiger partial charge on any atom is -0.462 e. The molecular weight excluding hydrogens is 829 g/mol. The summed E-state index contributed by atoms with van der Waals surface area (Å²) in [6, 6.07) is 0. The van der Waals surface area contributed by atoms with Crippen LogP contribution in [0.2, 0.25) is 0 Å². The predicted octanol–water partition coefficient (Wildman–Crippen LogP) is 19.2. The van der Waals surface area contributed by atoms with Gasteiger partial charge in [0.1, 0.15) is 13.2 Å². The summed E-state index contributed by atoms with van der Waals surface area (Å²) in [5.41, 5.74) is 0. The van der Waals surface area contributed by atoms with E-state index in [1.165, 1.54) is 154 Å². The summed E-state index contributed by atoms with van der Waals surface area (Å²) in [5, 5.41) is 0. The van der Waals surface area contributed by atoms with Gasteiger partial charge in [-0.1, -0.05) is 248 Å². The number of unbranched alkanes of at least 4 members (excludes halogenated alkanes) is 31.